The Hall–Kier alpha value is -1.32. The summed E-state index contributed by atoms with van der Waals surface area (Å²) >= 11 is 0. The van der Waals surface area contributed by atoms with Crippen molar-refractivity contribution in [2.75, 3.05) is 6.54 Å². The zero-order valence-electron chi connectivity index (χ0n) is 12.2. The van der Waals surface area contributed by atoms with Crippen molar-refractivity contribution in [3.63, 3.8) is 0 Å². The van der Waals surface area contributed by atoms with Crippen LogP contribution in [0, 0.1) is 17.8 Å². The number of carboxylic acids is 1. The molecule has 1 amide bonds. The number of carbonyl (C=O) groups is 2. The fourth-order valence-corrected chi connectivity index (χ4v) is 1.92. The van der Waals surface area contributed by atoms with Gasteiger partial charge in [-0.25, -0.2) is 4.79 Å². The quantitative estimate of drug-likeness (QED) is 0.716. The highest BCUT2D eigenvalue weighted by molar-refractivity contribution is 6.01. The molecule has 4 nitrogen and oxygen atoms in total. The van der Waals surface area contributed by atoms with E-state index in [9.17, 15) is 9.59 Å². The number of nitrogens with one attached hydrogen (secondary N) is 1. The predicted molar refractivity (Wildman–Crippen MR) is 72.2 cm³/mol. The van der Waals surface area contributed by atoms with Crippen LogP contribution in [0.15, 0.2) is 11.1 Å². The molecule has 0 rings (SSSR count). The van der Waals surface area contributed by atoms with Gasteiger partial charge in [0.1, 0.15) is 0 Å². The average Bonchev–Trinajstić information content (AvgIpc) is 2.25. The van der Waals surface area contributed by atoms with Crippen LogP contribution in [-0.2, 0) is 9.59 Å². The van der Waals surface area contributed by atoms with Crippen LogP contribution in [0.1, 0.15) is 41.5 Å². The number of amides is 1. The maximum Gasteiger partial charge on any atom is 0.331 e. The minimum Gasteiger partial charge on any atom is -0.478 e. The first-order valence-electron chi connectivity index (χ1n) is 6.37. The molecule has 0 radical (unpaired) electrons. The first-order chi connectivity index (χ1) is 8.18. The SMILES string of the molecule is CC(C(=O)O)=C(C)C(=O)NCC(C(C)C)C(C)C. The summed E-state index contributed by atoms with van der Waals surface area (Å²) in [6.45, 7) is 12.1. The second kappa shape index (κ2) is 7.19. The van der Waals surface area contributed by atoms with Gasteiger partial charge in [0.05, 0.1) is 0 Å². The van der Waals surface area contributed by atoms with Crippen molar-refractivity contribution < 1.29 is 14.7 Å². The first-order valence-corrected chi connectivity index (χ1v) is 6.37. The van der Waals surface area contributed by atoms with Gasteiger partial charge in [-0.15, -0.1) is 0 Å². The average molecular weight is 255 g/mol. The third kappa shape index (κ3) is 4.90. The Bertz CT molecular complexity index is 335. The van der Waals surface area contributed by atoms with Gasteiger partial charge in [-0.1, -0.05) is 27.7 Å². The molecular formula is C14H25NO3. The monoisotopic (exact) mass is 255 g/mol. The molecule has 18 heavy (non-hydrogen) atoms. The van der Waals surface area contributed by atoms with Crippen molar-refractivity contribution in [2.24, 2.45) is 17.8 Å². The van der Waals surface area contributed by atoms with Crippen LogP contribution in [0.2, 0.25) is 0 Å². The fourth-order valence-electron chi connectivity index (χ4n) is 1.92. The van der Waals surface area contributed by atoms with E-state index in [0.717, 1.165) is 0 Å². The number of rotatable bonds is 6. The molecule has 0 aromatic heterocycles. The second-order valence-electron chi connectivity index (χ2n) is 5.42. The van der Waals surface area contributed by atoms with E-state index in [2.05, 4.69) is 33.0 Å². The number of hydrogen-bond donors (Lipinski definition) is 2. The molecule has 0 bridgehead atoms. The summed E-state index contributed by atoms with van der Waals surface area (Å²) in [5.74, 6) is 0.0188. The van der Waals surface area contributed by atoms with Crippen LogP contribution in [0.5, 0.6) is 0 Å². The number of carbonyl (C=O) groups excluding carboxylic acids is 1. The molecule has 0 aliphatic carbocycles. The van der Waals surface area contributed by atoms with E-state index in [-0.39, 0.29) is 17.1 Å². The summed E-state index contributed by atoms with van der Waals surface area (Å²) in [6, 6.07) is 0. The number of hydrogen-bond acceptors (Lipinski definition) is 2. The van der Waals surface area contributed by atoms with Crippen molar-refractivity contribution in [3.05, 3.63) is 11.1 Å². The molecule has 2 N–H and O–H groups in total. The molecule has 0 aliphatic rings. The van der Waals surface area contributed by atoms with Gasteiger partial charge in [0.2, 0.25) is 5.91 Å². The van der Waals surface area contributed by atoms with Gasteiger partial charge in [-0.2, -0.15) is 0 Å². The van der Waals surface area contributed by atoms with Gasteiger partial charge in [-0.05, 0) is 31.6 Å². The summed E-state index contributed by atoms with van der Waals surface area (Å²) in [6.07, 6.45) is 0. The summed E-state index contributed by atoms with van der Waals surface area (Å²) in [4.78, 5) is 22.6. The summed E-state index contributed by atoms with van der Waals surface area (Å²) in [5.41, 5.74) is 0.368. The largest absolute Gasteiger partial charge is 0.478 e. The molecule has 0 unspecified atom stereocenters. The van der Waals surface area contributed by atoms with Crippen LogP contribution in [0.3, 0.4) is 0 Å². The minimum absolute atomic E-state index is 0.0955. The lowest BCUT2D eigenvalue weighted by Crippen LogP contribution is -2.34. The van der Waals surface area contributed by atoms with Crippen LogP contribution < -0.4 is 5.32 Å². The number of aliphatic carboxylic acids is 1. The standard InChI is InChI=1S/C14H25NO3/c1-8(2)12(9(3)4)7-15-13(16)10(5)11(6)14(17)18/h8-9,12H,7H2,1-6H3,(H,15,16)(H,17,18). The smallest absolute Gasteiger partial charge is 0.331 e. The Morgan fingerprint density at radius 1 is 1.00 bits per heavy atom. The normalized spacial score (nSPS) is 12.9. The summed E-state index contributed by atoms with van der Waals surface area (Å²) < 4.78 is 0. The highest BCUT2D eigenvalue weighted by atomic mass is 16.4. The predicted octanol–water partition coefficient (Wildman–Crippen LogP) is 2.45. The van der Waals surface area contributed by atoms with Crippen molar-refractivity contribution >= 4 is 11.9 Å². The van der Waals surface area contributed by atoms with Gasteiger partial charge >= 0.3 is 5.97 Å². The van der Waals surface area contributed by atoms with Crippen LogP contribution in [-0.4, -0.2) is 23.5 Å². The van der Waals surface area contributed by atoms with E-state index in [0.29, 0.717) is 24.3 Å². The van der Waals surface area contributed by atoms with E-state index in [1.807, 2.05) is 0 Å². The van der Waals surface area contributed by atoms with Crippen LogP contribution in [0.4, 0.5) is 0 Å². The van der Waals surface area contributed by atoms with Crippen LogP contribution >= 0.6 is 0 Å². The molecule has 0 fully saturated rings. The molecule has 104 valence electrons. The molecule has 0 aromatic rings. The Morgan fingerprint density at radius 3 is 1.78 bits per heavy atom. The molecule has 0 saturated carbocycles. The summed E-state index contributed by atoms with van der Waals surface area (Å²) in [5, 5.41) is 11.6. The zero-order chi connectivity index (χ0) is 14.5. The molecule has 0 heterocycles. The Labute approximate surface area is 109 Å². The first kappa shape index (κ1) is 16.7. The Balaban J connectivity index is 4.60. The highest BCUT2D eigenvalue weighted by Crippen LogP contribution is 2.19. The van der Waals surface area contributed by atoms with Crippen molar-refractivity contribution in [1.82, 2.24) is 5.32 Å². The van der Waals surface area contributed by atoms with E-state index < -0.39 is 5.97 Å². The lowest BCUT2D eigenvalue weighted by Gasteiger charge is -2.25. The molecule has 0 aliphatic heterocycles. The second-order valence-corrected chi connectivity index (χ2v) is 5.42. The molecule has 0 spiro atoms. The molecule has 4 heteroatoms. The van der Waals surface area contributed by atoms with E-state index in [4.69, 9.17) is 5.11 Å². The van der Waals surface area contributed by atoms with Gasteiger partial charge in [0, 0.05) is 17.7 Å². The Kier molecular flexibility index (Phi) is 6.66. The molecular weight excluding hydrogens is 230 g/mol. The minimum atomic E-state index is -1.05. The van der Waals surface area contributed by atoms with Crippen molar-refractivity contribution in [3.8, 4) is 0 Å². The lowest BCUT2D eigenvalue weighted by atomic mass is 9.85. The summed E-state index contributed by atoms with van der Waals surface area (Å²) in [7, 11) is 0. The molecule has 0 aromatic carbocycles. The van der Waals surface area contributed by atoms with E-state index in [1.165, 1.54) is 6.92 Å². The van der Waals surface area contributed by atoms with Crippen molar-refractivity contribution in [1.29, 1.82) is 0 Å². The maximum atomic E-state index is 11.8. The molecule has 0 atom stereocenters. The lowest BCUT2D eigenvalue weighted by molar-refractivity contribution is -0.133. The van der Waals surface area contributed by atoms with Gasteiger partial charge in [0.15, 0.2) is 0 Å². The van der Waals surface area contributed by atoms with E-state index >= 15 is 0 Å². The molecule has 0 saturated heterocycles. The van der Waals surface area contributed by atoms with Crippen molar-refractivity contribution in [2.45, 2.75) is 41.5 Å². The van der Waals surface area contributed by atoms with Gasteiger partial charge in [0.25, 0.3) is 0 Å². The number of carboxylic acid groups (broad SMARTS) is 1. The topological polar surface area (TPSA) is 66.4 Å². The van der Waals surface area contributed by atoms with E-state index in [1.54, 1.807) is 6.92 Å². The highest BCUT2D eigenvalue weighted by Gasteiger charge is 2.19. The third-order valence-corrected chi connectivity index (χ3v) is 3.43. The third-order valence-electron chi connectivity index (χ3n) is 3.43. The van der Waals surface area contributed by atoms with Gasteiger partial charge < -0.3 is 10.4 Å². The zero-order valence-corrected chi connectivity index (χ0v) is 12.2. The fraction of sp³-hybridized carbons (Fsp3) is 0.714. The van der Waals surface area contributed by atoms with Crippen LogP contribution in [0.25, 0.3) is 0 Å². The van der Waals surface area contributed by atoms with Gasteiger partial charge in [-0.3, -0.25) is 4.79 Å². The Morgan fingerprint density at radius 2 is 1.44 bits per heavy atom. The maximum absolute atomic E-state index is 11.8.